The number of rotatable bonds is 5. The van der Waals surface area contributed by atoms with Crippen molar-refractivity contribution in [1.82, 2.24) is 10.4 Å². The highest BCUT2D eigenvalue weighted by Gasteiger charge is 2.60. The van der Waals surface area contributed by atoms with Gasteiger partial charge in [0.2, 0.25) is 5.91 Å². The van der Waals surface area contributed by atoms with Crippen LogP contribution < -0.4 is 5.43 Å². The molecule has 1 aliphatic rings. The lowest BCUT2D eigenvalue weighted by Crippen LogP contribution is -2.25. The number of nitrogens with one attached hydrogen (secondary N) is 2. The summed E-state index contributed by atoms with van der Waals surface area (Å²) in [6.07, 6.45) is 2.52. The van der Waals surface area contributed by atoms with Gasteiger partial charge >= 0.3 is 0 Å². The molecule has 0 saturated heterocycles. The van der Waals surface area contributed by atoms with Crippen LogP contribution in [0.15, 0.2) is 90.0 Å². The van der Waals surface area contributed by atoms with E-state index < -0.39 is 0 Å². The Balaban J connectivity index is 1.39. The van der Waals surface area contributed by atoms with E-state index in [1.54, 1.807) is 6.21 Å². The fraction of sp³-hybridized carbons (Fsp3) is 0.154. The number of para-hydroxylation sites is 1. The Kier molecular flexibility index (Phi) is 4.47. The summed E-state index contributed by atoms with van der Waals surface area (Å²) >= 11 is 0. The van der Waals surface area contributed by atoms with Crippen LogP contribution >= 0.6 is 0 Å². The zero-order chi connectivity index (χ0) is 20.6. The molecule has 4 heteroatoms. The first-order valence-corrected chi connectivity index (χ1v) is 10.2. The fourth-order valence-corrected chi connectivity index (χ4v) is 4.56. The lowest BCUT2D eigenvalue weighted by Gasteiger charge is -2.18. The first-order chi connectivity index (χ1) is 14.7. The zero-order valence-corrected chi connectivity index (χ0v) is 16.8. The Bertz CT molecular complexity index is 1190. The largest absolute Gasteiger partial charge is 0.358 e. The number of amides is 1. The van der Waals surface area contributed by atoms with Gasteiger partial charge in [0.1, 0.15) is 0 Å². The number of nitrogens with zero attached hydrogens (tertiary/aromatic N) is 1. The monoisotopic (exact) mass is 393 g/mol. The summed E-state index contributed by atoms with van der Waals surface area (Å²) in [5.41, 5.74) is 7.95. The van der Waals surface area contributed by atoms with E-state index in [0.29, 0.717) is 0 Å². The number of aryl methyl sites for hydroxylation is 1. The summed E-state index contributed by atoms with van der Waals surface area (Å²) in [7, 11) is 0. The summed E-state index contributed by atoms with van der Waals surface area (Å²) in [6.45, 7) is 2.01. The molecule has 1 heterocycles. The van der Waals surface area contributed by atoms with E-state index >= 15 is 0 Å². The molecule has 0 unspecified atom stereocenters. The van der Waals surface area contributed by atoms with Crippen LogP contribution in [0.3, 0.4) is 0 Å². The van der Waals surface area contributed by atoms with Crippen LogP contribution in [0.1, 0.15) is 28.8 Å². The Morgan fingerprint density at radius 2 is 1.57 bits per heavy atom. The molecular formula is C26H23N3O. The van der Waals surface area contributed by atoms with Gasteiger partial charge in [-0.05, 0) is 30.5 Å². The van der Waals surface area contributed by atoms with Crippen LogP contribution in [0, 0.1) is 12.8 Å². The maximum Gasteiger partial charge on any atom is 0.244 e. The van der Waals surface area contributed by atoms with Crippen molar-refractivity contribution in [2.24, 2.45) is 11.0 Å². The number of benzene rings is 3. The molecule has 148 valence electrons. The predicted molar refractivity (Wildman–Crippen MR) is 121 cm³/mol. The van der Waals surface area contributed by atoms with E-state index in [1.807, 2.05) is 61.5 Å². The Labute approximate surface area is 175 Å². The average molecular weight is 393 g/mol. The maximum atomic E-state index is 13.0. The van der Waals surface area contributed by atoms with E-state index in [9.17, 15) is 4.79 Å². The summed E-state index contributed by atoms with van der Waals surface area (Å²) in [5, 5.41) is 5.39. The molecule has 0 radical (unpaired) electrons. The average Bonchev–Trinajstić information content (AvgIpc) is 3.48. The molecule has 0 aliphatic heterocycles. The number of aromatic nitrogens is 1. The Hall–Kier alpha value is -3.66. The first-order valence-electron chi connectivity index (χ1n) is 10.2. The zero-order valence-electron chi connectivity index (χ0n) is 16.8. The molecule has 1 fully saturated rings. The molecule has 4 nitrogen and oxygen atoms in total. The van der Waals surface area contributed by atoms with E-state index in [2.05, 4.69) is 45.8 Å². The summed E-state index contributed by atoms with van der Waals surface area (Å²) in [6, 6.07) is 28.7. The minimum Gasteiger partial charge on any atom is -0.358 e. The summed E-state index contributed by atoms with van der Waals surface area (Å²) in [5.74, 6) is -0.181. The number of hydrogen-bond donors (Lipinski definition) is 2. The molecule has 1 aromatic heterocycles. The predicted octanol–water partition coefficient (Wildman–Crippen LogP) is 4.93. The van der Waals surface area contributed by atoms with Crippen molar-refractivity contribution in [1.29, 1.82) is 0 Å². The quantitative estimate of drug-likeness (QED) is 0.366. The van der Waals surface area contributed by atoms with E-state index in [0.717, 1.165) is 28.6 Å². The molecule has 3 aromatic carbocycles. The molecule has 0 spiro atoms. The summed E-state index contributed by atoms with van der Waals surface area (Å²) < 4.78 is 0. The van der Waals surface area contributed by atoms with Gasteiger partial charge < -0.3 is 4.98 Å². The van der Waals surface area contributed by atoms with Gasteiger partial charge in [-0.25, -0.2) is 5.43 Å². The van der Waals surface area contributed by atoms with Crippen LogP contribution in [-0.4, -0.2) is 17.1 Å². The number of H-pyrrole nitrogens is 1. The minimum absolute atomic E-state index is 0.0450. The van der Waals surface area contributed by atoms with Crippen molar-refractivity contribution in [2.45, 2.75) is 18.8 Å². The van der Waals surface area contributed by atoms with Crippen LogP contribution in [0.25, 0.3) is 10.9 Å². The molecule has 1 atom stereocenters. The molecule has 4 aromatic rings. The van der Waals surface area contributed by atoms with Crippen LogP contribution in [-0.2, 0) is 10.2 Å². The van der Waals surface area contributed by atoms with Gasteiger partial charge in [0.15, 0.2) is 0 Å². The molecule has 2 N–H and O–H groups in total. The minimum atomic E-state index is -0.279. The maximum absolute atomic E-state index is 13.0. The first kappa shape index (κ1) is 18.4. The highest BCUT2D eigenvalue weighted by Crippen LogP contribution is 2.58. The van der Waals surface area contributed by atoms with Gasteiger partial charge in [0, 0.05) is 27.6 Å². The second-order valence-electron chi connectivity index (χ2n) is 7.90. The molecule has 30 heavy (non-hydrogen) atoms. The lowest BCUT2D eigenvalue weighted by atomic mass is 9.85. The van der Waals surface area contributed by atoms with Crippen molar-refractivity contribution in [3.05, 3.63) is 107 Å². The van der Waals surface area contributed by atoms with E-state index in [-0.39, 0.29) is 17.2 Å². The van der Waals surface area contributed by atoms with E-state index in [1.165, 1.54) is 11.1 Å². The lowest BCUT2D eigenvalue weighted by molar-refractivity contribution is -0.122. The van der Waals surface area contributed by atoms with Crippen molar-refractivity contribution < 1.29 is 4.79 Å². The normalized spacial score (nSPS) is 17.3. The van der Waals surface area contributed by atoms with Gasteiger partial charge in [0.25, 0.3) is 0 Å². The molecule has 1 aliphatic carbocycles. The number of aromatic amines is 1. The van der Waals surface area contributed by atoms with Crippen molar-refractivity contribution in [2.75, 3.05) is 0 Å². The number of hydrogen-bond acceptors (Lipinski definition) is 2. The topological polar surface area (TPSA) is 57.2 Å². The second-order valence-corrected chi connectivity index (χ2v) is 7.90. The van der Waals surface area contributed by atoms with Crippen molar-refractivity contribution in [3.63, 3.8) is 0 Å². The third kappa shape index (κ3) is 3.01. The van der Waals surface area contributed by atoms with Crippen molar-refractivity contribution >= 4 is 23.0 Å². The second kappa shape index (κ2) is 7.30. The molecular weight excluding hydrogens is 370 g/mol. The highest BCUT2D eigenvalue weighted by molar-refractivity contribution is 6.01. The molecule has 5 rings (SSSR count). The van der Waals surface area contributed by atoms with Gasteiger partial charge in [-0.15, -0.1) is 0 Å². The van der Waals surface area contributed by atoms with Gasteiger partial charge in [-0.1, -0.05) is 78.9 Å². The van der Waals surface area contributed by atoms with Crippen LogP contribution in [0.2, 0.25) is 0 Å². The van der Waals surface area contributed by atoms with Gasteiger partial charge in [0.05, 0.1) is 12.1 Å². The highest BCUT2D eigenvalue weighted by atomic mass is 16.2. The molecule has 1 saturated carbocycles. The smallest absolute Gasteiger partial charge is 0.244 e. The third-order valence-corrected chi connectivity index (χ3v) is 6.17. The molecule has 1 amide bonds. The van der Waals surface area contributed by atoms with Crippen LogP contribution in [0.4, 0.5) is 0 Å². The van der Waals surface area contributed by atoms with Crippen molar-refractivity contribution in [3.8, 4) is 0 Å². The number of fused-ring (bicyclic) bond motifs is 1. The standard InChI is InChI=1S/C26H23N3O/c1-18-22(21-14-8-9-15-24(21)28-18)17-27-29-25(30)23-16-26(23,19-10-4-2-5-11-19)20-12-6-3-7-13-20/h2-15,17,23,28H,16H2,1H3,(H,29,30)/b27-17+/t23-/m1/s1. The Morgan fingerprint density at radius 3 is 2.23 bits per heavy atom. The number of carbonyl (C=O) groups is 1. The number of hydrazone groups is 1. The summed E-state index contributed by atoms with van der Waals surface area (Å²) in [4.78, 5) is 16.4. The third-order valence-electron chi connectivity index (χ3n) is 6.17. The van der Waals surface area contributed by atoms with Crippen LogP contribution in [0.5, 0.6) is 0 Å². The number of carbonyl (C=O) groups excluding carboxylic acids is 1. The molecule has 0 bridgehead atoms. The fourth-order valence-electron chi connectivity index (χ4n) is 4.56. The Morgan fingerprint density at radius 1 is 0.967 bits per heavy atom. The van der Waals surface area contributed by atoms with E-state index in [4.69, 9.17) is 0 Å². The van der Waals surface area contributed by atoms with Gasteiger partial charge in [-0.3, -0.25) is 4.79 Å². The van der Waals surface area contributed by atoms with Gasteiger partial charge in [-0.2, -0.15) is 5.10 Å². The SMILES string of the molecule is Cc1[nH]c2ccccc2c1/C=N/NC(=O)[C@H]1CC1(c1ccccc1)c1ccccc1.